The lowest BCUT2D eigenvalue weighted by atomic mass is 9.89. The molecule has 0 N–H and O–H groups in total. The lowest BCUT2D eigenvalue weighted by molar-refractivity contribution is -0.139. The van der Waals surface area contributed by atoms with Crippen LogP contribution in [0.5, 0.6) is 0 Å². The number of sulfonamides is 1. The maximum Gasteiger partial charge on any atom is 0.246 e. The Morgan fingerprint density at radius 2 is 1.56 bits per heavy atom. The molecule has 1 amide bonds. The number of amides is 1. The summed E-state index contributed by atoms with van der Waals surface area (Å²) < 4.78 is 27.3. The van der Waals surface area contributed by atoms with E-state index in [0.717, 1.165) is 19.5 Å². The molecule has 0 bridgehead atoms. The van der Waals surface area contributed by atoms with Crippen molar-refractivity contribution in [2.24, 2.45) is 17.8 Å². The van der Waals surface area contributed by atoms with Gasteiger partial charge < -0.3 is 4.90 Å². The van der Waals surface area contributed by atoms with Gasteiger partial charge in [-0.25, -0.2) is 8.42 Å². The van der Waals surface area contributed by atoms with Crippen LogP contribution in [0.3, 0.4) is 0 Å². The predicted molar refractivity (Wildman–Crippen MR) is 107 cm³/mol. The van der Waals surface area contributed by atoms with Crippen LogP contribution in [0.2, 0.25) is 10.0 Å². The molecule has 2 atom stereocenters. The average Bonchev–Trinajstić information content (AvgIpc) is 2.60. The average molecular weight is 433 g/mol. The molecule has 5 nitrogen and oxygen atoms in total. The third kappa shape index (κ3) is 4.44. The highest BCUT2D eigenvalue weighted by Gasteiger charge is 2.36. The number of carbonyl (C=O) groups excluding carboxylic acids is 1. The molecule has 0 aliphatic carbocycles. The van der Waals surface area contributed by atoms with E-state index < -0.39 is 10.0 Å². The summed E-state index contributed by atoms with van der Waals surface area (Å²) >= 11 is 12.2. The van der Waals surface area contributed by atoms with Crippen LogP contribution in [0.1, 0.15) is 33.1 Å². The molecule has 2 saturated heterocycles. The number of nitrogens with zero attached hydrogens (tertiary/aromatic N) is 2. The molecule has 27 heavy (non-hydrogen) atoms. The third-order valence-electron chi connectivity index (χ3n) is 5.50. The second-order valence-electron chi connectivity index (χ2n) is 7.92. The van der Waals surface area contributed by atoms with Crippen LogP contribution in [0, 0.1) is 17.8 Å². The summed E-state index contributed by atoms with van der Waals surface area (Å²) in [4.78, 5) is 14.8. The first-order chi connectivity index (χ1) is 12.7. The number of piperidine rings is 2. The summed E-state index contributed by atoms with van der Waals surface area (Å²) in [6.07, 6.45) is 2.21. The molecule has 0 aromatic heterocycles. The Hall–Kier alpha value is -0.820. The molecule has 1 aromatic rings. The van der Waals surface area contributed by atoms with Crippen molar-refractivity contribution < 1.29 is 13.2 Å². The van der Waals surface area contributed by atoms with E-state index in [9.17, 15) is 13.2 Å². The highest BCUT2D eigenvalue weighted by molar-refractivity contribution is 7.89. The van der Waals surface area contributed by atoms with Gasteiger partial charge in [-0.3, -0.25) is 4.79 Å². The second kappa shape index (κ2) is 8.27. The van der Waals surface area contributed by atoms with E-state index in [1.165, 1.54) is 16.4 Å². The molecule has 0 saturated carbocycles. The van der Waals surface area contributed by atoms with Crippen molar-refractivity contribution in [1.82, 2.24) is 9.21 Å². The molecule has 0 unspecified atom stereocenters. The molecular formula is C19H26Cl2N2O3S. The molecular weight excluding hydrogens is 407 g/mol. The zero-order valence-corrected chi connectivity index (χ0v) is 18.0. The van der Waals surface area contributed by atoms with Crippen LogP contribution in [0.15, 0.2) is 23.1 Å². The first kappa shape index (κ1) is 20.9. The number of hydrogen-bond acceptors (Lipinski definition) is 3. The van der Waals surface area contributed by atoms with Gasteiger partial charge in [-0.2, -0.15) is 4.31 Å². The maximum atomic E-state index is 13.0. The van der Waals surface area contributed by atoms with Crippen molar-refractivity contribution in [2.75, 3.05) is 26.2 Å². The van der Waals surface area contributed by atoms with Gasteiger partial charge in [0, 0.05) is 32.1 Å². The molecule has 2 heterocycles. The minimum atomic E-state index is -3.77. The van der Waals surface area contributed by atoms with Gasteiger partial charge in [0.25, 0.3) is 0 Å². The van der Waals surface area contributed by atoms with Gasteiger partial charge >= 0.3 is 0 Å². The van der Waals surface area contributed by atoms with Gasteiger partial charge in [0.1, 0.15) is 4.90 Å². The minimum Gasteiger partial charge on any atom is -0.342 e. The zero-order valence-electron chi connectivity index (χ0n) is 15.7. The Kier molecular flexibility index (Phi) is 6.41. The second-order valence-corrected chi connectivity index (χ2v) is 10.6. The van der Waals surface area contributed by atoms with Gasteiger partial charge in [-0.05, 0) is 43.2 Å². The van der Waals surface area contributed by atoms with E-state index in [0.29, 0.717) is 37.8 Å². The zero-order chi connectivity index (χ0) is 19.8. The van der Waals surface area contributed by atoms with E-state index >= 15 is 0 Å². The fraction of sp³-hybridized carbons (Fsp3) is 0.632. The largest absolute Gasteiger partial charge is 0.342 e. The Bertz CT molecular complexity index is 777. The van der Waals surface area contributed by atoms with Gasteiger partial charge in [-0.15, -0.1) is 0 Å². The van der Waals surface area contributed by atoms with Crippen LogP contribution in [0.25, 0.3) is 0 Å². The Morgan fingerprint density at radius 3 is 2.07 bits per heavy atom. The summed E-state index contributed by atoms with van der Waals surface area (Å²) in [6.45, 7) is 6.57. The minimum absolute atomic E-state index is 0.0446. The summed E-state index contributed by atoms with van der Waals surface area (Å²) in [5.74, 6) is 1.08. The molecule has 0 radical (unpaired) electrons. The number of carbonyl (C=O) groups is 1. The molecule has 8 heteroatoms. The fourth-order valence-corrected chi connectivity index (χ4v) is 6.86. The van der Waals surface area contributed by atoms with Gasteiger partial charge in [0.2, 0.25) is 15.9 Å². The Balaban J connectivity index is 1.67. The van der Waals surface area contributed by atoms with Crippen molar-refractivity contribution >= 4 is 39.1 Å². The van der Waals surface area contributed by atoms with E-state index in [2.05, 4.69) is 13.8 Å². The van der Waals surface area contributed by atoms with Crippen molar-refractivity contribution in [1.29, 1.82) is 0 Å². The summed E-state index contributed by atoms with van der Waals surface area (Å²) in [5, 5.41) is 0.244. The van der Waals surface area contributed by atoms with Crippen LogP contribution in [0.4, 0.5) is 0 Å². The smallest absolute Gasteiger partial charge is 0.246 e. The summed E-state index contributed by atoms with van der Waals surface area (Å²) in [6, 6.07) is 4.67. The molecule has 2 fully saturated rings. The molecule has 2 aliphatic rings. The van der Waals surface area contributed by atoms with Crippen LogP contribution >= 0.6 is 23.2 Å². The van der Waals surface area contributed by atoms with Gasteiger partial charge in [0.05, 0.1) is 10.0 Å². The van der Waals surface area contributed by atoms with Gasteiger partial charge in [0.15, 0.2) is 0 Å². The first-order valence-corrected chi connectivity index (χ1v) is 11.6. The Labute approximate surface area is 171 Å². The first-order valence-electron chi connectivity index (χ1n) is 9.43. The van der Waals surface area contributed by atoms with Crippen LogP contribution < -0.4 is 0 Å². The lowest BCUT2D eigenvalue weighted by Gasteiger charge is -2.39. The van der Waals surface area contributed by atoms with E-state index in [1.54, 1.807) is 6.07 Å². The highest BCUT2D eigenvalue weighted by Crippen LogP contribution is 2.34. The van der Waals surface area contributed by atoms with Gasteiger partial charge in [-0.1, -0.05) is 43.1 Å². The maximum absolute atomic E-state index is 13.0. The normalized spacial score (nSPS) is 25.6. The van der Waals surface area contributed by atoms with Crippen LogP contribution in [-0.2, 0) is 14.8 Å². The number of benzene rings is 1. The third-order valence-corrected chi connectivity index (χ3v) is 8.36. The van der Waals surface area contributed by atoms with E-state index in [1.807, 2.05) is 4.90 Å². The van der Waals surface area contributed by atoms with Crippen molar-refractivity contribution in [3.05, 3.63) is 28.2 Å². The SMILES string of the molecule is C[C@@H]1C[C@@H](C)CN(C(=O)C2CCN(S(=O)(=O)c3c(Cl)cccc3Cl)CC2)C1. The number of likely N-dealkylation sites (tertiary alicyclic amines) is 1. The summed E-state index contributed by atoms with van der Waals surface area (Å²) in [7, 11) is -3.77. The number of halogens is 2. The fourth-order valence-electron chi connectivity index (χ4n) is 4.30. The lowest BCUT2D eigenvalue weighted by Crippen LogP contribution is -2.48. The van der Waals surface area contributed by atoms with E-state index in [4.69, 9.17) is 23.2 Å². The molecule has 1 aromatic carbocycles. The quantitative estimate of drug-likeness (QED) is 0.727. The standard InChI is InChI=1S/C19H26Cl2N2O3S/c1-13-10-14(2)12-22(11-13)19(24)15-6-8-23(9-7-15)27(25,26)18-16(20)4-3-5-17(18)21/h3-5,13-15H,6-12H2,1-2H3/t13-,14-/m1/s1. The molecule has 3 rings (SSSR count). The van der Waals surface area contributed by atoms with Crippen LogP contribution in [-0.4, -0.2) is 49.7 Å². The van der Waals surface area contributed by atoms with E-state index in [-0.39, 0.29) is 26.8 Å². The monoisotopic (exact) mass is 432 g/mol. The topological polar surface area (TPSA) is 57.7 Å². The Morgan fingerprint density at radius 1 is 1.04 bits per heavy atom. The van der Waals surface area contributed by atoms with Crippen molar-refractivity contribution in [2.45, 2.75) is 38.0 Å². The highest BCUT2D eigenvalue weighted by atomic mass is 35.5. The molecule has 2 aliphatic heterocycles. The molecule has 150 valence electrons. The molecule has 0 spiro atoms. The summed E-state index contributed by atoms with van der Waals surface area (Å²) in [5.41, 5.74) is 0. The predicted octanol–water partition coefficient (Wildman–Crippen LogP) is 3.90. The van der Waals surface area contributed by atoms with Crippen molar-refractivity contribution in [3.63, 3.8) is 0 Å². The number of rotatable bonds is 3. The number of hydrogen-bond donors (Lipinski definition) is 0. The van der Waals surface area contributed by atoms with Crippen molar-refractivity contribution in [3.8, 4) is 0 Å².